The first-order valence-corrected chi connectivity index (χ1v) is 6.65. The second-order valence-electron chi connectivity index (χ2n) is 6.04. The Balaban J connectivity index is 1.86. The summed E-state index contributed by atoms with van der Waals surface area (Å²) in [4.78, 5) is 2.38. The molecule has 2 unspecified atom stereocenters. The summed E-state index contributed by atoms with van der Waals surface area (Å²) in [6.07, 6.45) is 4.96. The van der Waals surface area contributed by atoms with Crippen LogP contribution in [0.15, 0.2) is 0 Å². The molecule has 3 fully saturated rings. The van der Waals surface area contributed by atoms with Crippen molar-refractivity contribution in [3.8, 4) is 0 Å². The van der Waals surface area contributed by atoms with Crippen molar-refractivity contribution in [1.82, 2.24) is 4.90 Å². The van der Waals surface area contributed by atoms with Crippen LogP contribution in [0.25, 0.3) is 0 Å². The summed E-state index contributed by atoms with van der Waals surface area (Å²) in [6, 6.07) is 0. The molecule has 2 nitrogen and oxygen atoms in total. The minimum absolute atomic E-state index is 0.00148. The standard InChI is InChI=1S/C13H22FNO/c1-10(2)16-13(5-6-13)12-4-3-7-15(12)9-11(14)8-12/h10-11H,3-9H2,1-2H3. The van der Waals surface area contributed by atoms with Gasteiger partial charge in [0.05, 0.1) is 17.2 Å². The minimum atomic E-state index is -0.631. The number of ether oxygens (including phenoxy) is 1. The summed E-state index contributed by atoms with van der Waals surface area (Å²) in [7, 11) is 0. The first kappa shape index (κ1) is 11.0. The Morgan fingerprint density at radius 1 is 1.31 bits per heavy atom. The number of alkyl halides is 1. The Morgan fingerprint density at radius 3 is 2.69 bits per heavy atom. The van der Waals surface area contributed by atoms with Crippen LogP contribution in [0.1, 0.15) is 46.0 Å². The minimum Gasteiger partial charge on any atom is -0.370 e. The first-order chi connectivity index (χ1) is 7.58. The number of nitrogens with zero attached hydrogens (tertiary/aromatic N) is 1. The van der Waals surface area contributed by atoms with Crippen LogP contribution in [0, 0.1) is 0 Å². The maximum atomic E-state index is 13.7. The maximum Gasteiger partial charge on any atom is 0.115 e. The van der Waals surface area contributed by atoms with Crippen LogP contribution in [-0.2, 0) is 4.74 Å². The Hall–Kier alpha value is -0.150. The molecule has 0 bridgehead atoms. The van der Waals surface area contributed by atoms with Crippen molar-refractivity contribution >= 4 is 0 Å². The van der Waals surface area contributed by atoms with Gasteiger partial charge in [0.25, 0.3) is 0 Å². The van der Waals surface area contributed by atoms with E-state index in [9.17, 15) is 4.39 Å². The molecule has 0 aromatic heterocycles. The van der Waals surface area contributed by atoms with Gasteiger partial charge in [0.2, 0.25) is 0 Å². The fourth-order valence-corrected chi connectivity index (χ4v) is 4.06. The Labute approximate surface area is 97.1 Å². The van der Waals surface area contributed by atoms with Gasteiger partial charge in [0, 0.05) is 13.0 Å². The molecular formula is C13H22FNO. The van der Waals surface area contributed by atoms with Crippen molar-refractivity contribution < 1.29 is 9.13 Å². The monoisotopic (exact) mass is 227 g/mol. The molecule has 3 rings (SSSR count). The quantitative estimate of drug-likeness (QED) is 0.734. The van der Waals surface area contributed by atoms with Gasteiger partial charge in [-0.2, -0.15) is 0 Å². The van der Waals surface area contributed by atoms with Crippen LogP contribution in [0.3, 0.4) is 0 Å². The Bertz CT molecular complexity index is 290. The van der Waals surface area contributed by atoms with Crippen molar-refractivity contribution in [2.24, 2.45) is 0 Å². The van der Waals surface area contributed by atoms with Crippen molar-refractivity contribution in [3.05, 3.63) is 0 Å². The summed E-state index contributed by atoms with van der Waals surface area (Å²) in [5.74, 6) is 0. The average molecular weight is 227 g/mol. The number of rotatable bonds is 3. The highest BCUT2D eigenvalue weighted by molar-refractivity contribution is 5.22. The van der Waals surface area contributed by atoms with E-state index in [0.29, 0.717) is 13.0 Å². The highest BCUT2D eigenvalue weighted by atomic mass is 19.1. The number of fused-ring (bicyclic) bond motifs is 1. The summed E-state index contributed by atoms with van der Waals surface area (Å²) < 4.78 is 19.9. The third-order valence-electron chi connectivity index (χ3n) is 4.61. The van der Waals surface area contributed by atoms with Crippen molar-refractivity contribution in [3.63, 3.8) is 0 Å². The van der Waals surface area contributed by atoms with Crippen LogP contribution < -0.4 is 0 Å². The molecule has 0 N–H and O–H groups in total. The van der Waals surface area contributed by atoms with Crippen LogP contribution in [0.5, 0.6) is 0 Å². The predicted octanol–water partition coefficient (Wildman–Crippen LogP) is 2.52. The van der Waals surface area contributed by atoms with Gasteiger partial charge in [-0.25, -0.2) is 4.39 Å². The van der Waals surface area contributed by atoms with E-state index in [1.807, 2.05) is 0 Å². The molecule has 0 amide bonds. The van der Waals surface area contributed by atoms with Gasteiger partial charge >= 0.3 is 0 Å². The lowest BCUT2D eigenvalue weighted by atomic mass is 9.85. The van der Waals surface area contributed by atoms with Gasteiger partial charge in [-0.15, -0.1) is 0 Å². The van der Waals surface area contributed by atoms with Gasteiger partial charge in [0.1, 0.15) is 6.17 Å². The molecule has 2 atom stereocenters. The van der Waals surface area contributed by atoms with E-state index in [2.05, 4.69) is 18.7 Å². The first-order valence-electron chi connectivity index (χ1n) is 6.65. The second kappa shape index (κ2) is 3.42. The normalized spacial score (nSPS) is 41.6. The zero-order chi connectivity index (χ0) is 11.4. The van der Waals surface area contributed by atoms with Crippen LogP contribution in [-0.4, -0.2) is 41.4 Å². The lowest BCUT2D eigenvalue weighted by molar-refractivity contribution is -0.0910. The molecule has 0 aromatic rings. The molecule has 0 radical (unpaired) electrons. The van der Waals surface area contributed by atoms with Gasteiger partial charge in [0.15, 0.2) is 0 Å². The largest absolute Gasteiger partial charge is 0.370 e. The van der Waals surface area contributed by atoms with Crippen molar-refractivity contribution in [2.75, 3.05) is 13.1 Å². The second-order valence-corrected chi connectivity index (χ2v) is 6.04. The molecule has 0 spiro atoms. The number of halogens is 1. The van der Waals surface area contributed by atoms with Gasteiger partial charge < -0.3 is 4.74 Å². The van der Waals surface area contributed by atoms with E-state index < -0.39 is 6.17 Å². The lowest BCUT2D eigenvalue weighted by Gasteiger charge is -2.41. The summed E-state index contributed by atoms with van der Waals surface area (Å²) >= 11 is 0. The molecule has 0 aromatic carbocycles. The molecule has 2 heterocycles. The zero-order valence-corrected chi connectivity index (χ0v) is 10.3. The molecule has 2 saturated heterocycles. The van der Waals surface area contributed by atoms with E-state index >= 15 is 0 Å². The highest BCUT2D eigenvalue weighted by Gasteiger charge is 2.67. The van der Waals surface area contributed by atoms with E-state index in [-0.39, 0.29) is 17.2 Å². The van der Waals surface area contributed by atoms with Gasteiger partial charge in [-0.05, 0) is 46.1 Å². The molecule has 16 heavy (non-hydrogen) atoms. The smallest absolute Gasteiger partial charge is 0.115 e. The predicted molar refractivity (Wildman–Crippen MR) is 61.2 cm³/mol. The molecule has 1 saturated carbocycles. The third kappa shape index (κ3) is 1.37. The Kier molecular flexibility index (Phi) is 2.35. The van der Waals surface area contributed by atoms with E-state index in [4.69, 9.17) is 4.74 Å². The Morgan fingerprint density at radius 2 is 2.06 bits per heavy atom. The topological polar surface area (TPSA) is 12.5 Å². The molecular weight excluding hydrogens is 205 g/mol. The van der Waals surface area contributed by atoms with Crippen LogP contribution >= 0.6 is 0 Å². The van der Waals surface area contributed by atoms with Crippen LogP contribution in [0.4, 0.5) is 4.39 Å². The molecule has 3 heteroatoms. The SMILES string of the molecule is CC(C)OC1(C23CCCN2CC(F)C3)CC1. The third-order valence-corrected chi connectivity index (χ3v) is 4.61. The zero-order valence-electron chi connectivity index (χ0n) is 10.3. The molecule has 3 aliphatic rings. The number of hydrogen-bond acceptors (Lipinski definition) is 2. The molecule has 92 valence electrons. The van der Waals surface area contributed by atoms with Gasteiger partial charge in [-0.1, -0.05) is 0 Å². The van der Waals surface area contributed by atoms with Crippen molar-refractivity contribution in [1.29, 1.82) is 0 Å². The summed E-state index contributed by atoms with van der Waals surface area (Å²) in [5.41, 5.74) is 0.0508. The van der Waals surface area contributed by atoms with E-state index in [1.165, 1.54) is 6.42 Å². The molecule has 2 aliphatic heterocycles. The van der Waals surface area contributed by atoms with Crippen LogP contribution in [0.2, 0.25) is 0 Å². The maximum absolute atomic E-state index is 13.7. The fraction of sp³-hybridized carbons (Fsp3) is 1.00. The number of hydrogen-bond donors (Lipinski definition) is 0. The van der Waals surface area contributed by atoms with E-state index in [1.54, 1.807) is 0 Å². The average Bonchev–Trinajstić information content (AvgIpc) is 2.70. The van der Waals surface area contributed by atoms with Crippen molar-refractivity contribution in [2.45, 2.75) is 69.4 Å². The fourth-order valence-electron chi connectivity index (χ4n) is 4.06. The summed E-state index contributed by atoms with van der Waals surface area (Å²) in [5, 5.41) is 0. The van der Waals surface area contributed by atoms with Gasteiger partial charge in [-0.3, -0.25) is 4.90 Å². The summed E-state index contributed by atoms with van der Waals surface area (Å²) in [6.45, 7) is 5.91. The molecule has 1 aliphatic carbocycles. The lowest BCUT2D eigenvalue weighted by Crippen LogP contribution is -2.52. The highest BCUT2D eigenvalue weighted by Crippen LogP contribution is 2.59. The van der Waals surface area contributed by atoms with E-state index in [0.717, 1.165) is 25.8 Å².